The van der Waals surface area contributed by atoms with E-state index in [9.17, 15) is 4.39 Å². The molecule has 7 nitrogen and oxygen atoms in total. The minimum absolute atomic E-state index is 0.333. The lowest BCUT2D eigenvalue weighted by molar-refractivity contribution is 0.322. The molecule has 30 heavy (non-hydrogen) atoms. The van der Waals surface area contributed by atoms with Gasteiger partial charge >= 0.3 is 0 Å². The molecule has 4 heterocycles. The van der Waals surface area contributed by atoms with Crippen LogP contribution in [0.25, 0.3) is 15.9 Å². The molecule has 1 aromatic carbocycles. The maximum absolute atomic E-state index is 13.7. The molecule has 0 N–H and O–H groups in total. The van der Waals surface area contributed by atoms with Gasteiger partial charge in [0.1, 0.15) is 21.5 Å². The van der Waals surface area contributed by atoms with Gasteiger partial charge in [-0.3, -0.25) is 4.90 Å². The third-order valence-corrected chi connectivity index (χ3v) is 7.31. The van der Waals surface area contributed by atoms with Crippen LogP contribution in [-0.2, 0) is 6.54 Å². The van der Waals surface area contributed by atoms with Gasteiger partial charge in [0, 0.05) is 10.3 Å². The fraction of sp³-hybridized carbons (Fsp3) is 0.350. The van der Waals surface area contributed by atoms with Crippen molar-refractivity contribution in [3.8, 4) is 5.69 Å². The molecule has 1 fully saturated rings. The zero-order valence-corrected chi connectivity index (χ0v) is 18.3. The first-order chi connectivity index (χ1) is 14.6. The normalized spacial score (nSPS) is 14.8. The van der Waals surface area contributed by atoms with E-state index in [1.54, 1.807) is 23.5 Å². The van der Waals surface area contributed by atoms with E-state index in [0.717, 1.165) is 40.7 Å². The quantitative estimate of drug-likeness (QED) is 0.430. The van der Waals surface area contributed by atoms with Crippen molar-refractivity contribution in [2.24, 2.45) is 0 Å². The van der Waals surface area contributed by atoms with Crippen LogP contribution in [0.3, 0.4) is 0 Å². The predicted molar refractivity (Wildman–Crippen MR) is 115 cm³/mol. The standard InChI is InChI=1S/C20H20FN7S2/c1-12-13(2)29-18-17(12)19(23-16(22-18)11-27-8-3-4-9-27)30-20-24-25-26-28(20)15-7-5-6-14(21)10-15/h5-7,10H,3-4,8-9,11H2,1-2H3. The maximum atomic E-state index is 13.7. The van der Waals surface area contributed by atoms with Gasteiger partial charge in [-0.15, -0.1) is 16.4 Å². The number of rotatable bonds is 5. The van der Waals surface area contributed by atoms with E-state index in [1.165, 1.54) is 51.9 Å². The van der Waals surface area contributed by atoms with Gasteiger partial charge < -0.3 is 0 Å². The van der Waals surface area contributed by atoms with Crippen molar-refractivity contribution in [3.05, 3.63) is 46.3 Å². The highest BCUT2D eigenvalue weighted by atomic mass is 32.2. The zero-order valence-electron chi connectivity index (χ0n) is 16.7. The van der Waals surface area contributed by atoms with Crippen LogP contribution in [0.1, 0.15) is 29.1 Å². The molecular weight excluding hydrogens is 421 g/mol. The molecule has 3 aromatic heterocycles. The molecule has 0 aliphatic carbocycles. The van der Waals surface area contributed by atoms with Gasteiger partial charge in [0.15, 0.2) is 0 Å². The minimum atomic E-state index is -0.333. The molecule has 154 valence electrons. The smallest absolute Gasteiger partial charge is 0.220 e. The number of fused-ring (bicyclic) bond motifs is 1. The summed E-state index contributed by atoms with van der Waals surface area (Å²) >= 11 is 3.08. The first-order valence-corrected chi connectivity index (χ1v) is 11.4. The molecule has 0 spiro atoms. The molecule has 1 aliphatic rings. The number of benzene rings is 1. The van der Waals surface area contributed by atoms with Crippen molar-refractivity contribution < 1.29 is 4.39 Å². The highest BCUT2D eigenvalue weighted by molar-refractivity contribution is 7.99. The van der Waals surface area contributed by atoms with Crippen molar-refractivity contribution in [2.75, 3.05) is 13.1 Å². The Morgan fingerprint density at radius 3 is 2.80 bits per heavy atom. The van der Waals surface area contributed by atoms with Crippen molar-refractivity contribution >= 4 is 33.3 Å². The lowest BCUT2D eigenvalue weighted by atomic mass is 10.2. The molecule has 0 saturated carbocycles. The number of nitrogens with zero attached hydrogens (tertiary/aromatic N) is 7. The largest absolute Gasteiger partial charge is 0.296 e. The van der Waals surface area contributed by atoms with Crippen molar-refractivity contribution in [1.29, 1.82) is 0 Å². The second kappa shape index (κ2) is 8.01. The number of tetrazole rings is 1. The topological polar surface area (TPSA) is 72.6 Å². The summed E-state index contributed by atoms with van der Waals surface area (Å²) < 4.78 is 15.3. The summed E-state index contributed by atoms with van der Waals surface area (Å²) in [5, 5.41) is 14.5. The second-order valence-corrected chi connectivity index (χ2v) is 9.51. The van der Waals surface area contributed by atoms with Crippen molar-refractivity contribution in [2.45, 2.75) is 43.4 Å². The highest BCUT2D eigenvalue weighted by Crippen LogP contribution is 2.38. The monoisotopic (exact) mass is 441 g/mol. The van der Waals surface area contributed by atoms with Crippen molar-refractivity contribution in [3.63, 3.8) is 0 Å². The predicted octanol–water partition coefficient (Wildman–Crippen LogP) is 4.17. The molecule has 0 bridgehead atoms. The Bertz CT molecular complexity index is 1210. The lowest BCUT2D eigenvalue weighted by Crippen LogP contribution is -2.20. The van der Waals surface area contributed by atoms with E-state index >= 15 is 0 Å². The van der Waals surface area contributed by atoms with Crippen LogP contribution in [-0.4, -0.2) is 48.2 Å². The molecule has 0 amide bonds. The van der Waals surface area contributed by atoms with Crippen LogP contribution in [0.15, 0.2) is 34.4 Å². The molecular formula is C20H20FN7S2. The fourth-order valence-corrected chi connectivity index (χ4v) is 5.73. The van der Waals surface area contributed by atoms with E-state index in [1.807, 2.05) is 0 Å². The third kappa shape index (κ3) is 3.70. The van der Waals surface area contributed by atoms with Gasteiger partial charge in [-0.05, 0) is 85.7 Å². The van der Waals surface area contributed by atoms with Crippen LogP contribution in [0.4, 0.5) is 4.39 Å². The van der Waals surface area contributed by atoms with Gasteiger partial charge in [0.05, 0.1) is 12.2 Å². The number of aromatic nitrogens is 6. The summed E-state index contributed by atoms with van der Waals surface area (Å²) in [4.78, 5) is 14.3. The molecule has 0 unspecified atom stereocenters. The summed E-state index contributed by atoms with van der Waals surface area (Å²) in [5.74, 6) is 0.485. The van der Waals surface area contributed by atoms with Crippen LogP contribution >= 0.6 is 23.1 Å². The Labute approximate surface area is 181 Å². The number of halogens is 1. The fourth-order valence-electron chi connectivity index (χ4n) is 3.64. The highest BCUT2D eigenvalue weighted by Gasteiger charge is 2.21. The number of thiophene rings is 1. The summed E-state index contributed by atoms with van der Waals surface area (Å²) in [6.45, 7) is 7.12. The number of likely N-dealkylation sites (tertiary alicyclic amines) is 1. The van der Waals surface area contributed by atoms with E-state index in [0.29, 0.717) is 10.8 Å². The molecule has 4 aromatic rings. The Morgan fingerprint density at radius 1 is 1.17 bits per heavy atom. The maximum Gasteiger partial charge on any atom is 0.220 e. The Hall–Kier alpha value is -2.43. The van der Waals surface area contributed by atoms with Gasteiger partial charge in [-0.25, -0.2) is 14.4 Å². The second-order valence-electron chi connectivity index (χ2n) is 7.35. The number of hydrogen-bond acceptors (Lipinski definition) is 8. The third-order valence-electron chi connectivity index (χ3n) is 5.29. The number of aryl methyl sites for hydroxylation is 2. The summed E-state index contributed by atoms with van der Waals surface area (Å²) in [6.07, 6.45) is 2.45. The average Bonchev–Trinajstić information content (AvgIpc) is 3.44. The first-order valence-electron chi connectivity index (χ1n) is 9.79. The van der Waals surface area contributed by atoms with Crippen LogP contribution < -0.4 is 0 Å². The first kappa shape index (κ1) is 19.5. The Kier molecular flexibility index (Phi) is 5.21. The SMILES string of the molecule is Cc1sc2nc(CN3CCCC3)nc(Sc3nnnn3-c3cccc(F)c3)c2c1C. The van der Waals surface area contributed by atoms with Crippen LogP contribution in [0.2, 0.25) is 0 Å². The van der Waals surface area contributed by atoms with E-state index in [-0.39, 0.29) is 5.82 Å². The van der Waals surface area contributed by atoms with E-state index in [2.05, 4.69) is 34.3 Å². The van der Waals surface area contributed by atoms with Crippen molar-refractivity contribution in [1.82, 2.24) is 35.1 Å². The van der Waals surface area contributed by atoms with Gasteiger partial charge in [0.2, 0.25) is 5.16 Å². The molecule has 1 saturated heterocycles. The van der Waals surface area contributed by atoms with Gasteiger partial charge in [0.25, 0.3) is 0 Å². The molecule has 10 heteroatoms. The minimum Gasteiger partial charge on any atom is -0.296 e. The molecule has 5 rings (SSSR count). The van der Waals surface area contributed by atoms with E-state index in [4.69, 9.17) is 9.97 Å². The Balaban J connectivity index is 1.56. The molecule has 1 aliphatic heterocycles. The Morgan fingerprint density at radius 2 is 2.00 bits per heavy atom. The van der Waals surface area contributed by atoms with Gasteiger partial charge in [-0.2, -0.15) is 4.68 Å². The lowest BCUT2D eigenvalue weighted by Gasteiger charge is -2.14. The molecule has 0 atom stereocenters. The van der Waals surface area contributed by atoms with Crippen LogP contribution in [0, 0.1) is 19.7 Å². The van der Waals surface area contributed by atoms with Gasteiger partial charge in [-0.1, -0.05) is 6.07 Å². The summed E-state index contributed by atoms with van der Waals surface area (Å²) in [5.41, 5.74) is 1.75. The van der Waals surface area contributed by atoms with E-state index < -0.39 is 0 Å². The number of hydrogen-bond donors (Lipinski definition) is 0. The average molecular weight is 442 g/mol. The van der Waals surface area contributed by atoms with Crippen LogP contribution in [0.5, 0.6) is 0 Å². The summed E-state index contributed by atoms with van der Waals surface area (Å²) in [6, 6.07) is 6.23. The zero-order chi connectivity index (χ0) is 20.7. The molecule has 0 radical (unpaired) electrons. The summed E-state index contributed by atoms with van der Waals surface area (Å²) in [7, 11) is 0.